The number of aryl methyl sites for hydroxylation is 1. The first kappa shape index (κ1) is 13.2. The van der Waals surface area contributed by atoms with Gasteiger partial charge in [0.05, 0.1) is 4.92 Å². The Morgan fingerprint density at radius 2 is 2.00 bits per heavy atom. The molecule has 0 radical (unpaired) electrons. The van der Waals surface area contributed by atoms with E-state index in [1.54, 1.807) is 0 Å². The van der Waals surface area contributed by atoms with Gasteiger partial charge < -0.3 is 10.8 Å². The lowest BCUT2D eigenvalue weighted by Gasteiger charge is -2.17. The number of alkyl halides is 3. The monoisotopic (exact) mass is 250 g/mol. The molecule has 0 amide bonds. The van der Waals surface area contributed by atoms with E-state index in [0.717, 1.165) is 12.1 Å². The topological polar surface area (TPSA) is 89.4 Å². The Balaban J connectivity index is 3.40. The Morgan fingerprint density at radius 3 is 2.41 bits per heavy atom. The highest BCUT2D eigenvalue weighted by molar-refractivity contribution is 5.54. The second kappa shape index (κ2) is 4.21. The summed E-state index contributed by atoms with van der Waals surface area (Å²) in [5.41, 5.74) is 3.62. The Labute approximate surface area is 93.8 Å². The number of halogens is 3. The normalized spacial score (nSPS) is 13.5. The van der Waals surface area contributed by atoms with Gasteiger partial charge in [-0.1, -0.05) is 0 Å². The molecule has 0 heterocycles. The van der Waals surface area contributed by atoms with Gasteiger partial charge in [-0.2, -0.15) is 13.2 Å². The van der Waals surface area contributed by atoms with Crippen LogP contribution in [0.25, 0.3) is 0 Å². The maximum absolute atomic E-state index is 12.4. The Kier molecular flexibility index (Phi) is 3.28. The third-order valence-corrected chi connectivity index (χ3v) is 2.15. The molecule has 0 spiro atoms. The highest BCUT2D eigenvalue weighted by Gasteiger charge is 2.40. The largest absolute Gasteiger partial charge is 0.502 e. The summed E-state index contributed by atoms with van der Waals surface area (Å²) in [5.74, 6) is -1.05. The molecule has 0 unspecified atom stereocenters. The predicted octanol–water partition coefficient (Wildman–Crippen LogP) is 2.17. The molecule has 8 heteroatoms. The number of rotatable bonds is 2. The lowest BCUT2D eigenvalue weighted by Crippen LogP contribution is -2.28. The number of hydrogen-bond acceptors (Lipinski definition) is 4. The number of phenolic OH excluding ortho intramolecular Hbond substituents is 1. The molecule has 1 atom stereocenters. The molecule has 1 aromatic carbocycles. The maximum Gasteiger partial charge on any atom is 0.407 e. The molecular formula is C9H9F3N2O3. The quantitative estimate of drug-likeness (QED) is 0.621. The van der Waals surface area contributed by atoms with Gasteiger partial charge in [0.25, 0.3) is 0 Å². The average Bonchev–Trinajstić information content (AvgIpc) is 2.18. The fourth-order valence-electron chi connectivity index (χ4n) is 1.34. The number of hydrogen-bond donors (Lipinski definition) is 2. The minimum absolute atomic E-state index is 0.212. The van der Waals surface area contributed by atoms with E-state index in [1.807, 2.05) is 0 Å². The zero-order valence-corrected chi connectivity index (χ0v) is 8.65. The van der Waals surface area contributed by atoms with Crippen LogP contribution in [0, 0.1) is 17.0 Å². The highest BCUT2D eigenvalue weighted by Crippen LogP contribution is 2.39. The van der Waals surface area contributed by atoms with E-state index < -0.39 is 34.1 Å². The van der Waals surface area contributed by atoms with E-state index in [0.29, 0.717) is 0 Å². The number of nitro groups is 1. The molecule has 0 saturated heterocycles. The summed E-state index contributed by atoms with van der Waals surface area (Å²) in [5, 5.41) is 19.9. The second-order valence-corrected chi connectivity index (χ2v) is 3.50. The molecule has 5 nitrogen and oxygen atoms in total. The van der Waals surface area contributed by atoms with E-state index in [1.165, 1.54) is 6.92 Å². The van der Waals surface area contributed by atoms with Crippen LogP contribution in [0.3, 0.4) is 0 Å². The van der Waals surface area contributed by atoms with Gasteiger partial charge in [0.15, 0.2) is 5.75 Å². The molecule has 3 N–H and O–H groups in total. The van der Waals surface area contributed by atoms with Crippen molar-refractivity contribution in [2.24, 2.45) is 5.73 Å². The van der Waals surface area contributed by atoms with Crippen molar-refractivity contribution in [1.29, 1.82) is 0 Å². The standard InChI is InChI=1S/C9H9F3N2O3/c1-4-2-5(8(13)9(10,11)12)7(15)6(3-4)14(16)17/h2-3,8,15H,13H2,1H3/t8-/m0/s1. The third kappa shape index (κ3) is 2.64. The minimum Gasteiger partial charge on any atom is -0.502 e. The first-order valence-electron chi connectivity index (χ1n) is 4.44. The number of nitro benzene ring substituents is 1. The van der Waals surface area contributed by atoms with Crippen molar-refractivity contribution in [3.63, 3.8) is 0 Å². The fourth-order valence-corrected chi connectivity index (χ4v) is 1.34. The first-order chi connectivity index (χ1) is 7.64. The molecule has 0 saturated carbocycles. The van der Waals surface area contributed by atoms with Gasteiger partial charge in [-0.05, 0) is 18.6 Å². The van der Waals surface area contributed by atoms with E-state index >= 15 is 0 Å². The van der Waals surface area contributed by atoms with Gasteiger partial charge in [-0.25, -0.2) is 0 Å². The van der Waals surface area contributed by atoms with Crippen LogP contribution in [0.15, 0.2) is 12.1 Å². The maximum atomic E-state index is 12.4. The van der Waals surface area contributed by atoms with Crippen LogP contribution in [0.4, 0.5) is 18.9 Å². The smallest absolute Gasteiger partial charge is 0.407 e. The highest BCUT2D eigenvalue weighted by atomic mass is 19.4. The molecule has 94 valence electrons. The van der Waals surface area contributed by atoms with E-state index in [9.17, 15) is 28.4 Å². The van der Waals surface area contributed by atoms with Gasteiger partial charge in [0.2, 0.25) is 0 Å². The molecule has 0 aliphatic heterocycles. The number of aromatic hydroxyl groups is 1. The third-order valence-electron chi connectivity index (χ3n) is 2.15. The average molecular weight is 250 g/mol. The van der Waals surface area contributed by atoms with Gasteiger partial charge in [-0.15, -0.1) is 0 Å². The van der Waals surface area contributed by atoms with Crippen molar-refractivity contribution >= 4 is 5.69 Å². The van der Waals surface area contributed by atoms with Crippen molar-refractivity contribution in [2.75, 3.05) is 0 Å². The molecule has 0 aliphatic rings. The number of nitrogens with two attached hydrogens (primary N) is 1. The minimum atomic E-state index is -4.78. The van der Waals surface area contributed by atoms with Gasteiger partial charge >= 0.3 is 11.9 Å². The Hall–Kier alpha value is -1.83. The summed E-state index contributed by atoms with van der Waals surface area (Å²) in [6.07, 6.45) is -4.78. The molecular weight excluding hydrogens is 241 g/mol. The van der Waals surface area contributed by atoms with Crippen molar-refractivity contribution < 1.29 is 23.2 Å². The molecule has 0 fully saturated rings. The van der Waals surface area contributed by atoms with E-state index in [2.05, 4.69) is 0 Å². The van der Waals surface area contributed by atoms with Gasteiger partial charge in [0.1, 0.15) is 6.04 Å². The van der Waals surface area contributed by atoms with E-state index in [4.69, 9.17) is 5.73 Å². The van der Waals surface area contributed by atoms with Gasteiger partial charge in [-0.3, -0.25) is 10.1 Å². The lowest BCUT2D eigenvalue weighted by molar-refractivity contribution is -0.386. The summed E-state index contributed by atoms with van der Waals surface area (Å²) in [6.45, 7) is 1.37. The van der Waals surface area contributed by atoms with E-state index in [-0.39, 0.29) is 5.56 Å². The predicted molar refractivity (Wildman–Crippen MR) is 52.5 cm³/mol. The van der Waals surface area contributed by atoms with Crippen LogP contribution in [-0.4, -0.2) is 16.2 Å². The first-order valence-corrected chi connectivity index (χ1v) is 4.44. The number of phenols is 1. The zero-order chi connectivity index (χ0) is 13.4. The molecule has 1 rings (SSSR count). The summed E-state index contributed by atoms with van der Waals surface area (Å²) in [4.78, 5) is 9.56. The SMILES string of the molecule is Cc1cc([C@H](N)C(F)(F)F)c(O)c([N+](=O)[O-])c1. The van der Waals surface area contributed by atoms with Crippen LogP contribution in [-0.2, 0) is 0 Å². The summed E-state index contributed by atoms with van der Waals surface area (Å²) >= 11 is 0. The number of nitrogens with zero attached hydrogens (tertiary/aromatic N) is 1. The number of benzene rings is 1. The van der Waals surface area contributed by atoms with Crippen LogP contribution in [0.2, 0.25) is 0 Å². The second-order valence-electron chi connectivity index (χ2n) is 3.50. The van der Waals surface area contributed by atoms with Crippen LogP contribution >= 0.6 is 0 Å². The summed E-state index contributed by atoms with van der Waals surface area (Å²) in [7, 11) is 0. The van der Waals surface area contributed by atoms with Crippen LogP contribution in [0.1, 0.15) is 17.2 Å². The molecule has 0 aliphatic carbocycles. The van der Waals surface area contributed by atoms with Gasteiger partial charge in [0, 0.05) is 11.6 Å². The zero-order valence-electron chi connectivity index (χ0n) is 8.65. The molecule has 17 heavy (non-hydrogen) atoms. The Bertz CT molecular complexity index is 460. The summed E-state index contributed by atoms with van der Waals surface area (Å²) < 4.78 is 37.1. The van der Waals surface area contributed by atoms with Crippen molar-refractivity contribution in [2.45, 2.75) is 19.1 Å². The lowest BCUT2D eigenvalue weighted by atomic mass is 10.0. The van der Waals surface area contributed by atoms with Crippen molar-refractivity contribution in [3.8, 4) is 5.75 Å². The Morgan fingerprint density at radius 1 is 1.47 bits per heavy atom. The van der Waals surface area contributed by atoms with Crippen molar-refractivity contribution in [3.05, 3.63) is 33.4 Å². The molecule has 1 aromatic rings. The van der Waals surface area contributed by atoms with Crippen molar-refractivity contribution in [1.82, 2.24) is 0 Å². The summed E-state index contributed by atoms with van der Waals surface area (Å²) in [6, 6.07) is -0.510. The van der Waals surface area contributed by atoms with Crippen LogP contribution in [0.5, 0.6) is 5.75 Å². The van der Waals surface area contributed by atoms with Crippen LogP contribution < -0.4 is 5.73 Å². The molecule has 0 bridgehead atoms. The fraction of sp³-hybridized carbons (Fsp3) is 0.333. The molecule has 0 aromatic heterocycles.